The molecule has 1 aromatic carbocycles. The number of anilines is 1. The second-order valence-electron chi connectivity index (χ2n) is 4.63. The van der Waals surface area contributed by atoms with Gasteiger partial charge >= 0.3 is 0 Å². The molecule has 0 aliphatic heterocycles. The highest BCUT2D eigenvalue weighted by Gasteiger charge is 2.09. The van der Waals surface area contributed by atoms with Gasteiger partial charge in [-0.3, -0.25) is 0 Å². The van der Waals surface area contributed by atoms with E-state index in [1.807, 2.05) is 6.92 Å². The Hall–Kier alpha value is -2.84. The first kappa shape index (κ1) is 14.1. The molecule has 0 radical (unpaired) electrons. The molecule has 1 N–H and O–H groups in total. The van der Waals surface area contributed by atoms with Crippen molar-refractivity contribution in [2.24, 2.45) is 0 Å². The van der Waals surface area contributed by atoms with E-state index in [2.05, 4.69) is 31.0 Å². The van der Waals surface area contributed by atoms with E-state index in [-0.39, 0.29) is 12.4 Å². The summed E-state index contributed by atoms with van der Waals surface area (Å²) in [6.07, 6.45) is 3.13. The van der Waals surface area contributed by atoms with Crippen LogP contribution in [0.5, 0.6) is 0 Å². The van der Waals surface area contributed by atoms with Gasteiger partial charge in [0, 0.05) is 6.42 Å². The van der Waals surface area contributed by atoms with Gasteiger partial charge < -0.3 is 9.84 Å². The first-order valence-electron chi connectivity index (χ1n) is 6.84. The fourth-order valence-electron chi connectivity index (χ4n) is 1.93. The first-order valence-corrected chi connectivity index (χ1v) is 6.84. The van der Waals surface area contributed by atoms with E-state index in [4.69, 9.17) is 4.52 Å². The Morgan fingerprint density at radius 3 is 3.05 bits per heavy atom. The number of aromatic nitrogens is 6. The molecule has 22 heavy (non-hydrogen) atoms. The highest BCUT2D eigenvalue weighted by atomic mass is 19.1. The number of hydrogen-bond acceptors (Lipinski definition) is 7. The Kier molecular flexibility index (Phi) is 4.03. The van der Waals surface area contributed by atoms with Gasteiger partial charge in [0.25, 0.3) is 0 Å². The number of nitrogens with one attached hydrogen (secondary N) is 1. The first-order chi connectivity index (χ1) is 10.8. The molecule has 0 atom stereocenters. The molecule has 0 amide bonds. The average Bonchev–Trinajstić information content (AvgIpc) is 3.18. The van der Waals surface area contributed by atoms with E-state index in [0.717, 1.165) is 12.8 Å². The van der Waals surface area contributed by atoms with Crippen LogP contribution in [0.15, 0.2) is 29.0 Å². The largest absolute Gasteiger partial charge is 0.374 e. The third kappa shape index (κ3) is 3.08. The van der Waals surface area contributed by atoms with Gasteiger partial charge in [-0.15, -0.1) is 5.10 Å². The summed E-state index contributed by atoms with van der Waals surface area (Å²) in [5, 5.41) is 17.6. The minimum absolute atomic E-state index is 0.243. The van der Waals surface area contributed by atoms with Crippen LogP contribution in [0.25, 0.3) is 5.69 Å². The lowest BCUT2D eigenvalue weighted by Crippen LogP contribution is -2.04. The predicted molar refractivity (Wildman–Crippen MR) is 74.7 cm³/mol. The summed E-state index contributed by atoms with van der Waals surface area (Å²) in [5.74, 6) is 0.683. The maximum Gasteiger partial charge on any atom is 0.245 e. The van der Waals surface area contributed by atoms with E-state index in [1.54, 1.807) is 12.1 Å². The van der Waals surface area contributed by atoms with Gasteiger partial charge in [-0.1, -0.05) is 12.1 Å². The summed E-state index contributed by atoms with van der Waals surface area (Å²) in [6, 6.07) is 4.54. The topological polar surface area (TPSA) is 94.6 Å². The highest BCUT2D eigenvalue weighted by molar-refractivity contribution is 5.51. The predicted octanol–water partition coefficient (Wildman–Crippen LogP) is 1.75. The number of halogens is 1. The normalized spacial score (nSPS) is 10.8. The zero-order chi connectivity index (χ0) is 15.4. The Morgan fingerprint density at radius 2 is 2.27 bits per heavy atom. The van der Waals surface area contributed by atoms with Gasteiger partial charge in [0.05, 0.1) is 17.9 Å². The zero-order valence-electron chi connectivity index (χ0n) is 11.9. The molecule has 0 saturated carbocycles. The molecule has 0 saturated heterocycles. The molecule has 114 valence electrons. The average molecular weight is 303 g/mol. The van der Waals surface area contributed by atoms with Crippen LogP contribution in [0, 0.1) is 5.82 Å². The molecule has 0 spiro atoms. The van der Waals surface area contributed by atoms with Crippen molar-refractivity contribution in [2.75, 3.05) is 5.32 Å². The van der Waals surface area contributed by atoms with Gasteiger partial charge in [0.2, 0.25) is 5.89 Å². The molecular weight excluding hydrogens is 289 g/mol. The molecule has 0 bridgehead atoms. The minimum Gasteiger partial charge on any atom is -0.374 e. The van der Waals surface area contributed by atoms with Crippen LogP contribution in [0.1, 0.15) is 25.1 Å². The standard InChI is InChI=1S/C13H14FN7O/c1-2-3-12-17-13(22-18-12)7-15-11-6-9(4-5-10(11)14)21-8-16-19-20-21/h4-6,8,15H,2-3,7H2,1H3. The third-order valence-electron chi connectivity index (χ3n) is 2.98. The summed E-state index contributed by atoms with van der Waals surface area (Å²) in [7, 11) is 0. The SMILES string of the molecule is CCCc1noc(CNc2cc(-n3cnnn3)ccc2F)n1. The Bertz CT molecular complexity index is 741. The van der Waals surface area contributed by atoms with Crippen LogP contribution in [-0.4, -0.2) is 30.3 Å². The second kappa shape index (κ2) is 6.29. The monoisotopic (exact) mass is 303 g/mol. The Morgan fingerprint density at radius 1 is 1.36 bits per heavy atom. The molecule has 8 nitrogen and oxygen atoms in total. The molecule has 3 aromatic rings. The van der Waals surface area contributed by atoms with E-state index in [1.165, 1.54) is 17.1 Å². The quantitative estimate of drug-likeness (QED) is 0.741. The van der Waals surface area contributed by atoms with Gasteiger partial charge in [-0.2, -0.15) is 4.98 Å². The highest BCUT2D eigenvalue weighted by Crippen LogP contribution is 2.19. The van der Waals surface area contributed by atoms with Crippen LogP contribution < -0.4 is 5.32 Å². The Labute approximate surface area is 125 Å². The summed E-state index contributed by atoms with van der Waals surface area (Å²) in [6.45, 7) is 2.28. The van der Waals surface area contributed by atoms with Gasteiger partial charge in [0.15, 0.2) is 5.82 Å². The fourth-order valence-corrected chi connectivity index (χ4v) is 1.93. The van der Waals surface area contributed by atoms with Crippen LogP contribution in [0.2, 0.25) is 0 Å². The lowest BCUT2D eigenvalue weighted by atomic mass is 10.2. The van der Waals surface area contributed by atoms with Crippen molar-refractivity contribution in [1.82, 2.24) is 30.3 Å². The molecule has 2 heterocycles. The molecule has 2 aromatic heterocycles. The summed E-state index contributed by atoms with van der Waals surface area (Å²) in [4.78, 5) is 4.22. The fraction of sp³-hybridized carbons (Fsp3) is 0.308. The zero-order valence-corrected chi connectivity index (χ0v) is 11.9. The van der Waals surface area contributed by atoms with Gasteiger partial charge in [0.1, 0.15) is 12.1 Å². The number of aryl methyl sites for hydroxylation is 1. The number of tetrazole rings is 1. The smallest absolute Gasteiger partial charge is 0.245 e. The number of hydrogen-bond donors (Lipinski definition) is 1. The van der Waals surface area contributed by atoms with Crippen molar-refractivity contribution in [2.45, 2.75) is 26.3 Å². The Balaban J connectivity index is 1.72. The van der Waals surface area contributed by atoms with Crippen LogP contribution in [0.3, 0.4) is 0 Å². The van der Waals surface area contributed by atoms with Crippen molar-refractivity contribution >= 4 is 5.69 Å². The lowest BCUT2D eigenvalue weighted by Gasteiger charge is -2.07. The van der Waals surface area contributed by atoms with E-state index < -0.39 is 0 Å². The van der Waals surface area contributed by atoms with E-state index >= 15 is 0 Å². The van der Waals surface area contributed by atoms with E-state index in [0.29, 0.717) is 23.1 Å². The minimum atomic E-state index is -0.384. The third-order valence-corrected chi connectivity index (χ3v) is 2.98. The van der Waals surface area contributed by atoms with Crippen molar-refractivity contribution in [3.63, 3.8) is 0 Å². The molecule has 0 unspecified atom stereocenters. The van der Waals surface area contributed by atoms with Crippen molar-refractivity contribution in [3.8, 4) is 5.69 Å². The maximum absolute atomic E-state index is 13.8. The van der Waals surface area contributed by atoms with Crippen LogP contribution in [0.4, 0.5) is 10.1 Å². The van der Waals surface area contributed by atoms with E-state index in [9.17, 15) is 4.39 Å². The number of benzene rings is 1. The summed E-state index contributed by atoms with van der Waals surface area (Å²) in [5.41, 5.74) is 0.953. The number of rotatable bonds is 6. The summed E-state index contributed by atoms with van der Waals surface area (Å²) < 4.78 is 20.4. The van der Waals surface area contributed by atoms with Crippen molar-refractivity contribution in [3.05, 3.63) is 42.1 Å². The molecule has 3 rings (SSSR count). The van der Waals surface area contributed by atoms with Crippen molar-refractivity contribution < 1.29 is 8.91 Å². The molecule has 0 fully saturated rings. The summed E-state index contributed by atoms with van der Waals surface area (Å²) >= 11 is 0. The van der Waals surface area contributed by atoms with Crippen molar-refractivity contribution in [1.29, 1.82) is 0 Å². The lowest BCUT2D eigenvalue weighted by molar-refractivity contribution is 0.377. The number of nitrogens with zero attached hydrogens (tertiary/aromatic N) is 6. The van der Waals surface area contributed by atoms with Gasteiger partial charge in [-0.05, 0) is 35.0 Å². The molecular formula is C13H14FN7O. The van der Waals surface area contributed by atoms with Crippen LogP contribution >= 0.6 is 0 Å². The van der Waals surface area contributed by atoms with Gasteiger partial charge in [-0.25, -0.2) is 9.07 Å². The molecule has 9 heteroatoms. The molecule has 0 aliphatic carbocycles. The molecule has 0 aliphatic rings. The maximum atomic E-state index is 13.8. The van der Waals surface area contributed by atoms with Crippen LogP contribution in [-0.2, 0) is 13.0 Å². The second-order valence-corrected chi connectivity index (χ2v) is 4.63.